The van der Waals surface area contributed by atoms with Gasteiger partial charge < -0.3 is 18.3 Å². The molecule has 10 heteroatoms. The van der Waals surface area contributed by atoms with E-state index in [9.17, 15) is 31.6 Å². The molecule has 0 radical (unpaired) electrons. The van der Waals surface area contributed by atoms with Crippen LogP contribution in [-0.4, -0.2) is 18.3 Å². The molecule has 0 atom stereocenters. The molecule has 458 valence electrons. The molecule has 0 N–H and O–H groups in total. The Labute approximate surface area is 573 Å². The molecule has 0 saturated carbocycles. The molecule has 10 nitrogen and oxygen atoms in total. The zero-order valence-corrected chi connectivity index (χ0v) is 53.2. The second-order valence-corrected chi connectivity index (χ2v) is 25.1. The van der Waals surface area contributed by atoms with E-state index in [0.29, 0.717) is 38.8 Å². The molecule has 4 heterocycles. The fraction of sp³-hybridized carbons (Fsp3) is 0. The average Bonchev–Trinajstić information content (AvgIpc) is 1.72. The quantitative estimate of drug-likeness (QED) is 0.140. The van der Waals surface area contributed by atoms with Crippen molar-refractivity contribution >= 4 is 87.2 Å². The van der Waals surface area contributed by atoms with Crippen LogP contribution >= 0.6 is 0 Å². The maximum Gasteiger partial charge on any atom is 0.0999 e. The fourth-order valence-electron chi connectivity index (χ4n) is 15.1. The van der Waals surface area contributed by atoms with Crippen molar-refractivity contribution in [2.45, 2.75) is 0 Å². The zero-order valence-electron chi connectivity index (χ0n) is 53.2. The standard InChI is InChI=1S/C90H48N10/c91-49-55-15-37-84-76(41-55)77-42-56(50-92)16-38-85(77)99(84)87-44-58(52-94)13-35-71(87)64-22-18-60(19-23-64)63-28-33-70(34-29-63)98-82-12-6-3-9-75(82)78-47-66(30-40-83(78)98)67-46-68(54-96)90-79-43-57(51-93)17-39-86(79)100(89(90)48-67)88-45-59(53-95)14-36-72(88)65-24-20-61(21-25-65)62-26-31-69(32-27-62)97-80-10-4-1-7-73(80)74-8-2-5-11-81(74)97/h1-48H. The van der Waals surface area contributed by atoms with Gasteiger partial charge in [0.2, 0.25) is 0 Å². The summed E-state index contributed by atoms with van der Waals surface area (Å²) >= 11 is 0. The smallest absolute Gasteiger partial charge is 0.0999 e. The highest BCUT2D eigenvalue weighted by atomic mass is 15.0. The minimum absolute atomic E-state index is 0.460. The van der Waals surface area contributed by atoms with Crippen LogP contribution in [0.25, 0.3) is 166 Å². The number of hydrogen-bond acceptors (Lipinski definition) is 6. The maximum absolute atomic E-state index is 11.2. The normalized spacial score (nSPS) is 11.3. The van der Waals surface area contributed by atoms with E-state index < -0.39 is 0 Å². The number of nitrogens with zero attached hydrogens (tertiary/aromatic N) is 10. The molecule has 0 fully saturated rings. The van der Waals surface area contributed by atoms with E-state index in [1.54, 1.807) is 18.2 Å². The average molecular weight is 1270 g/mol. The minimum atomic E-state index is 0.460. The van der Waals surface area contributed by atoms with Crippen LogP contribution < -0.4 is 0 Å². The number of fused-ring (bicyclic) bond motifs is 12. The lowest BCUT2D eigenvalue weighted by Crippen LogP contribution is -1.99. The van der Waals surface area contributed by atoms with Crippen molar-refractivity contribution in [1.82, 2.24) is 18.3 Å². The summed E-state index contributed by atoms with van der Waals surface area (Å²) in [4.78, 5) is 0. The molecule has 18 aromatic rings. The highest BCUT2D eigenvalue weighted by molar-refractivity contribution is 6.16. The summed E-state index contributed by atoms with van der Waals surface area (Å²) in [6, 6.07) is 113. The molecular formula is C90H48N10. The van der Waals surface area contributed by atoms with E-state index in [1.807, 2.05) is 78.9 Å². The summed E-state index contributed by atoms with van der Waals surface area (Å²) in [6.45, 7) is 0. The van der Waals surface area contributed by atoms with Crippen molar-refractivity contribution < 1.29 is 0 Å². The third-order valence-corrected chi connectivity index (χ3v) is 19.8. The first-order valence-corrected chi connectivity index (χ1v) is 32.6. The van der Waals surface area contributed by atoms with Gasteiger partial charge in [-0.1, -0.05) is 146 Å². The SMILES string of the molecule is N#Cc1ccc(-c2ccc(-c3ccc(-n4c5ccccc5c5cc(-c6cc(C#N)c7c8cc(C#N)ccc8n(-c8cc(C#N)ccc8-c8ccc(-c9ccc(-n%10c%11ccccc%11c%11ccccc%11%10)cc9)cc8)c7c6)ccc54)cc3)cc2)c(-n2c3ccc(C#N)cc3c3cc(C#N)ccc32)c1. The molecule has 0 amide bonds. The van der Waals surface area contributed by atoms with Crippen molar-refractivity contribution in [2.24, 2.45) is 0 Å². The van der Waals surface area contributed by atoms with E-state index >= 15 is 0 Å². The predicted molar refractivity (Wildman–Crippen MR) is 399 cm³/mol. The lowest BCUT2D eigenvalue weighted by molar-refractivity contribution is 1.18. The largest absolute Gasteiger partial charge is 0.309 e. The lowest BCUT2D eigenvalue weighted by atomic mass is 9.97. The third kappa shape index (κ3) is 9.13. The van der Waals surface area contributed by atoms with Crippen LogP contribution in [-0.2, 0) is 0 Å². The van der Waals surface area contributed by atoms with Gasteiger partial charge >= 0.3 is 0 Å². The Kier molecular flexibility index (Phi) is 13.3. The molecule has 0 unspecified atom stereocenters. The Morgan fingerprint density at radius 3 is 0.960 bits per heavy atom. The molecule has 0 aliphatic rings. The monoisotopic (exact) mass is 1270 g/mol. The highest BCUT2D eigenvalue weighted by Gasteiger charge is 2.24. The highest BCUT2D eigenvalue weighted by Crippen LogP contribution is 2.44. The van der Waals surface area contributed by atoms with Gasteiger partial charge in [0.25, 0.3) is 0 Å². The van der Waals surface area contributed by atoms with Gasteiger partial charge in [0.05, 0.1) is 125 Å². The Hall–Kier alpha value is -14.8. The Morgan fingerprint density at radius 2 is 0.520 bits per heavy atom. The first-order valence-electron chi connectivity index (χ1n) is 32.6. The van der Waals surface area contributed by atoms with Gasteiger partial charge in [0.15, 0.2) is 0 Å². The molecular weight excluding hydrogens is 1220 g/mol. The Bertz CT molecular complexity index is 6690. The van der Waals surface area contributed by atoms with Gasteiger partial charge in [-0.2, -0.15) is 31.6 Å². The fourth-order valence-corrected chi connectivity index (χ4v) is 15.1. The van der Waals surface area contributed by atoms with Crippen LogP contribution in [0.5, 0.6) is 0 Å². The number of aromatic nitrogens is 4. The summed E-state index contributed by atoms with van der Waals surface area (Å²) in [5.74, 6) is 0. The van der Waals surface area contributed by atoms with Crippen molar-refractivity contribution in [3.63, 3.8) is 0 Å². The number of para-hydroxylation sites is 3. The van der Waals surface area contributed by atoms with Gasteiger partial charge in [0.1, 0.15) is 0 Å². The van der Waals surface area contributed by atoms with Crippen LogP contribution in [0.1, 0.15) is 33.4 Å². The Balaban J connectivity index is 0.692. The maximum atomic E-state index is 11.2. The number of rotatable bonds is 9. The van der Waals surface area contributed by atoms with Crippen molar-refractivity contribution in [3.8, 4) is 115 Å². The van der Waals surface area contributed by atoms with E-state index in [2.05, 4.69) is 249 Å². The van der Waals surface area contributed by atoms with E-state index in [0.717, 1.165) is 149 Å². The van der Waals surface area contributed by atoms with Crippen LogP contribution in [0.2, 0.25) is 0 Å². The molecule has 0 aliphatic heterocycles. The molecule has 100 heavy (non-hydrogen) atoms. The topological polar surface area (TPSA) is 162 Å². The number of hydrogen-bond donors (Lipinski definition) is 0. The second kappa shape index (κ2) is 23.0. The summed E-state index contributed by atoms with van der Waals surface area (Å²) in [5, 5.41) is 69.6. The van der Waals surface area contributed by atoms with E-state index in [-0.39, 0.29) is 0 Å². The van der Waals surface area contributed by atoms with Crippen LogP contribution in [0.15, 0.2) is 291 Å². The van der Waals surface area contributed by atoms with Crippen molar-refractivity contribution in [1.29, 1.82) is 31.6 Å². The van der Waals surface area contributed by atoms with Gasteiger partial charge in [0, 0.05) is 65.6 Å². The predicted octanol–water partition coefficient (Wildman–Crippen LogP) is 21.6. The number of nitriles is 6. The molecule has 14 aromatic carbocycles. The van der Waals surface area contributed by atoms with Gasteiger partial charge in [-0.25, -0.2) is 0 Å². The van der Waals surface area contributed by atoms with Crippen molar-refractivity contribution in [2.75, 3.05) is 0 Å². The minimum Gasteiger partial charge on any atom is -0.309 e. The summed E-state index contributed by atoms with van der Waals surface area (Å²) < 4.78 is 8.88. The lowest BCUT2D eigenvalue weighted by Gasteiger charge is -2.16. The molecule has 0 saturated heterocycles. The Morgan fingerprint density at radius 1 is 0.200 bits per heavy atom. The summed E-state index contributed by atoms with van der Waals surface area (Å²) in [5.41, 5.74) is 23.9. The first-order chi connectivity index (χ1) is 49.3. The zero-order chi connectivity index (χ0) is 67.3. The van der Waals surface area contributed by atoms with Gasteiger partial charge in [-0.15, -0.1) is 0 Å². The third-order valence-electron chi connectivity index (χ3n) is 19.8. The molecule has 0 bridgehead atoms. The first kappa shape index (κ1) is 57.8. The molecule has 18 rings (SSSR count). The summed E-state index contributed by atoms with van der Waals surface area (Å²) in [7, 11) is 0. The van der Waals surface area contributed by atoms with Crippen LogP contribution in [0.3, 0.4) is 0 Å². The van der Waals surface area contributed by atoms with E-state index in [1.165, 1.54) is 10.8 Å². The van der Waals surface area contributed by atoms with Crippen LogP contribution in [0, 0.1) is 68.0 Å². The van der Waals surface area contributed by atoms with Gasteiger partial charge in [-0.05, 0) is 190 Å². The number of benzene rings is 14. The second-order valence-electron chi connectivity index (χ2n) is 25.1. The van der Waals surface area contributed by atoms with Crippen molar-refractivity contribution in [3.05, 3.63) is 325 Å². The summed E-state index contributed by atoms with van der Waals surface area (Å²) in [6.07, 6.45) is 0. The van der Waals surface area contributed by atoms with Gasteiger partial charge in [-0.3, -0.25) is 0 Å². The molecule has 4 aromatic heterocycles. The van der Waals surface area contributed by atoms with E-state index in [4.69, 9.17) is 0 Å². The molecule has 0 spiro atoms. The van der Waals surface area contributed by atoms with Crippen LogP contribution in [0.4, 0.5) is 0 Å². The molecule has 0 aliphatic carbocycles.